The van der Waals surface area contributed by atoms with Crippen molar-refractivity contribution in [3.05, 3.63) is 0 Å². The molecular weight excluding hydrogens is 176 g/mol. The third kappa shape index (κ3) is 2.35. The third-order valence-corrected chi connectivity index (χ3v) is 3.62. The fraction of sp³-hybridized carbons (Fsp3) is 0.917. The van der Waals surface area contributed by atoms with Gasteiger partial charge in [0, 0.05) is 5.92 Å². The van der Waals surface area contributed by atoms with E-state index in [1.54, 1.807) is 0 Å². The molecule has 0 aliphatic heterocycles. The average Bonchev–Trinajstić information content (AvgIpc) is 2.20. The van der Waals surface area contributed by atoms with Crippen molar-refractivity contribution in [2.24, 2.45) is 11.8 Å². The summed E-state index contributed by atoms with van der Waals surface area (Å²) in [6, 6.07) is 0. The van der Waals surface area contributed by atoms with Gasteiger partial charge in [-0.05, 0) is 38.0 Å². The third-order valence-electron chi connectivity index (χ3n) is 3.62. The molecule has 0 radical (unpaired) electrons. The van der Waals surface area contributed by atoms with Gasteiger partial charge in [0.15, 0.2) is 5.78 Å². The Morgan fingerprint density at radius 3 is 2.43 bits per heavy atom. The van der Waals surface area contributed by atoms with E-state index in [-0.39, 0.29) is 11.7 Å². The molecule has 0 amide bonds. The van der Waals surface area contributed by atoms with Crippen molar-refractivity contribution in [2.45, 2.75) is 58.5 Å². The smallest absolute Gasteiger partial charge is 0.167 e. The van der Waals surface area contributed by atoms with Gasteiger partial charge in [0.05, 0.1) is 0 Å². The molecule has 1 N–H and O–H groups in total. The molecule has 1 fully saturated rings. The maximum Gasteiger partial charge on any atom is 0.167 e. The molecule has 1 unspecified atom stereocenters. The molecule has 1 aliphatic rings. The van der Waals surface area contributed by atoms with Gasteiger partial charge in [-0.25, -0.2) is 0 Å². The van der Waals surface area contributed by atoms with Gasteiger partial charge in [0.1, 0.15) is 5.60 Å². The van der Waals surface area contributed by atoms with E-state index in [1.165, 1.54) is 0 Å². The zero-order valence-electron chi connectivity index (χ0n) is 9.55. The monoisotopic (exact) mass is 198 g/mol. The molecule has 0 spiro atoms. The lowest BCUT2D eigenvalue weighted by molar-refractivity contribution is -0.145. The van der Waals surface area contributed by atoms with Crippen LogP contribution in [-0.2, 0) is 4.79 Å². The minimum absolute atomic E-state index is 0.00778. The molecule has 0 aromatic carbocycles. The predicted octanol–water partition coefficient (Wildman–Crippen LogP) is 2.54. The molecule has 82 valence electrons. The number of hydrogen-bond acceptors (Lipinski definition) is 2. The van der Waals surface area contributed by atoms with Crippen LogP contribution >= 0.6 is 0 Å². The highest BCUT2D eigenvalue weighted by Crippen LogP contribution is 2.34. The second kappa shape index (κ2) is 4.43. The minimum atomic E-state index is -0.998. The number of carbonyl (C=O) groups excluding carboxylic acids is 1. The van der Waals surface area contributed by atoms with Crippen molar-refractivity contribution in [1.29, 1.82) is 0 Å². The largest absolute Gasteiger partial charge is 0.382 e. The van der Waals surface area contributed by atoms with E-state index in [2.05, 4.69) is 6.92 Å². The predicted molar refractivity (Wildman–Crippen MR) is 57.0 cm³/mol. The Labute approximate surface area is 86.7 Å². The van der Waals surface area contributed by atoms with Gasteiger partial charge in [0.2, 0.25) is 0 Å². The Morgan fingerprint density at radius 2 is 2.00 bits per heavy atom. The van der Waals surface area contributed by atoms with Crippen LogP contribution in [0.15, 0.2) is 0 Å². The Morgan fingerprint density at radius 1 is 1.50 bits per heavy atom. The van der Waals surface area contributed by atoms with E-state index in [1.807, 2.05) is 13.8 Å². The first kappa shape index (κ1) is 11.7. The average molecular weight is 198 g/mol. The number of ketones is 1. The Bertz CT molecular complexity index is 202. The fourth-order valence-electron chi connectivity index (χ4n) is 2.13. The fourth-order valence-corrected chi connectivity index (χ4v) is 2.13. The van der Waals surface area contributed by atoms with Crippen LogP contribution < -0.4 is 0 Å². The molecular formula is C12H22O2. The summed E-state index contributed by atoms with van der Waals surface area (Å²) in [5.74, 6) is 0.736. The molecule has 1 rings (SSSR count). The molecule has 1 atom stereocenters. The summed E-state index contributed by atoms with van der Waals surface area (Å²) in [6.45, 7) is 6.10. The van der Waals surface area contributed by atoms with E-state index < -0.39 is 5.60 Å². The van der Waals surface area contributed by atoms with Gasteiger partial charge in [0.25, 0.3) is 0 Å². The van der Waals surface area contributed by atoms with Crippen molar-refractivity contribution in [3.63, 3.8) is 0 Å². The molecule has 1 saturated carbocycles. The van der Waals surface area contributed by atoms with Gasteiger partial charge in [-0.1, -0.05) is 20.8 Å². The summed E-state index contributed by atoms with van der Waals surface area (Å²) >= 11 is 0. The lowest BCUT2D eigenvalue weighted by atomic mass is 9.74. The topological polar surface area (TPSA) is 37.3 Å². The molecule has 0 saturated heterocycles. The summed E-state index contributed by atoms with van der Waals surface area (Å²) < 4.78 is 0. The van der Waals surface area contributed by atoms with E-state index in [4.69, 9.17) is 0 Å². The van der Waals surface area contributed by atoms with Gasteiger partial charge < -0.3 is 5.11 Å². The molecule has 0 aromatic rings. The van der Waals surface area contributed by atoms with E-state index in [0.717, 1.165) is 19.3 Å². The van der Waals surface area contributed by atoms with Gasteiger partial charge in [-0.15, -0.1) is 0 Å². The number of hydrogen-bond donors (Lipinski definition) is 1. The Hall–Kier alpha value is -0.370. The van der Waals surface area contributed by atoms with Crippen LogP contribution in [0.4, 0.5) is 0 Å². The van der Waals surface area contributed by atoms with Gasteiger partial charge >= 0.3 is 0 Å². The van der Waals surface area contributed by atoms with Crippen molar-refractivity contribution >= 4 is 5.78 Å². The second-order valence-corrected chi connectivity index (χ2v) is 4.89. The lowest BCUT2D eigenvalue weighted by Crippen LogP contribution is -2.44. The Balaban J connectivity index is 2.61. The van der Waals surface area contributed by atoms with Crippen molar-refractivity contribution < 1.29 is 9.90 Å². The summed E-state index contributed by atoms with van der Waals surface area (Å²) in [4.78, 5) is 11.9. The van der Waals surface area contributed by atoms with Crippen LogP contribution in [-0.4, -0.2) is 16.5 Å². The van der Waals surface area contributed by atoms with Gasteiger partial charge in [-0.2, -0.15) is 0 Å². The minimum Gasteiger partial charge on any atom is -0.382 e. The first-order chi connectivity index (χ1) is 6.49. The lowest BCUT2D eigenvalue weighted by Gasteiger charge is -2.35. The second-order valence-electron chi connectivity index (χ2n) is 4.89. The van der Waals surface area contributed by atoms with E-state index in [0.29, 0.717) is 18.8 Å². The number of rotatable bonds is 3. The van der Waals surface area contributed by atoms with Crippen molar-refractivity contribution in [1.82, 2.24) is 0 Å². The maximum absolute atomic E-state index is 11.9. The van der Waals surface area contributed by atoms with Crippen molar-refractivity contribution in [3.8, 4) is 0 Å². The molecule has 14 heavy (non-hydrogen) atoms. The Kier molecular flexibility index (Phi) is 3.71. The summed E-state index contributed by atoms with van der Waals surface area (Å²) in [6.07, 6.45) is 4.13. The van der Waals surface area contributed by atoms with Crippen LogP contribution in [0, 0.1) is 11.8 Å². The highest BCUT2D eigenvalue weighted by atomic mass is 16.3. The molecule has 0 heterocycles. The summed E-state index contributed by atoms with van der Waals surface area (Å²) in [5.41, 5.74) is -0.998. The van der Waals surface area contributed by atoms with Crippen LogP contribution in [0.3, 0.4) is 0 Å². The van der Waals surface area contributed by atoms with Crippen LogP contribution in [0.2, 0.25) is 0 Å². The molecule has 2 heteroatoms. The molecule has 2 nitrogen and oxygen atoms in total. The van der Waals surface area contributed by atoms with Crippen LogP contribution in [0.5, 0.6) is 0 Å². The van der Waals surface area contributed by atoms with E-state index in [9.17, 15) is 9.90 Å². The van der Waals surface area contributed by atoms with Gasteiger partial charge in [-0.3, -0.25) is 4.79 Å². The zero-order chi connectivity index (χ0) is 10.8. The number of Topliss-reactive ketones (excluding diaryl/α,β-unsaturated/α-hetero) is 1. The van der Waals surface area contributed by atoms with Crippen molar-refractivity contribution in [2.75, 3.05) is 0 Å². The SMILES string of the molecule is CCC(C)C(=O)C1(O)CCC(C)CC1. The molecule has 1 aliphatic carbocycles. The zero-order valence-corrected chi connectivity index (χ0v) is 9.55. The summed E-state index contributed by atoms with van der Waals surface area (Å²) in [5, 5.41) is 10.2. The quantitative estimate of drug-likeness (QED) is 0.756. The van der Waals surface area contributed by atoms with Crippen LogP contribution in [0.1, 0.15) is 52.9 Å². The van der Waals surface area contributed by atoms with Crippen LogP contribution in [0.25, 0.3) is 0 Å². The maximum atomic E-state index is 11.9. The normalized spacial score (nSPS) is 35.3. The first-order valence-corrected chi connectivity index (χ1v) is 5.76. The first-order valence-electron chi connectivity index (χ1n) is 5.76. The highest BCUT2D eigenvalue weighted by molar-refractivity contribution is 5.88. The molecule has 0 aromatic heterocycles. The summed E-state index contributed by atoms with van der Waals surface area (Å²) in [7, 11) is 0. The number of carbonyl (C=O) groups is 1. The molecule has 0 bridgehead atoms. The van der Waals surface area contributed by atoms with E-state index >= 15 is 0 Å². The standard InChI is InChI=1S/C12H22O2/c1-4-10(3)11(13)12(14)7-5-9(2)6-8-12/h9-10,14H,4-8H2,1-3H3. The highest BCUT2D eigenvalue weighted by Gasteiger charge is 2.40. The number of aliphatic hydroxyl groups is 1.